The summed E-state index contributed by atoms with van der Waals surface area (Å²) in [7, 11) is 0. The van der Waals surface area contributed by atoms with E-state index < -0.39 is 0 Å². The number of hydrogen-bond donors (Lipinski definition) is 1. The van der Waals surface area contributed by atoms with Gasteiger partial charge in [0.1, 0.15) is 0 Å². The largest absolute Gasteiger partial charge is 0.385 e. The lowest BCUT2D eigenvalue weighted by Crippen LogP contribution is -2.17. The van der Waals surface area contributed by atoms with Crippen LogP contribution in [-0.4, -0.2) is 6.54 Å². The van der Waals surface area contributed by atoms with Crippen LogP contribution >= 0.6 is 0 Å². The van der Waals surface area contributed by atoms with Crippen LogP contribution in [0.1, 0.15) is 37.7 Å². The minimum Gasteiger partial charge on any atom is -0.385 e. The molecule has 0 radical (unpaired) electrons. The van der Waals surface area contributed by atoms with Gasteiger partial charge >= 0.3 is 0 Å². The van der Waals surface area contributed by atoms with Gasteiger partial charge in [0.05, 0.1) is 0 Å². The quantitative estimate of drug-likeness (QED) is 0.756. The average molecular weight is 213 g/mol. The lowest BCUT2D eigenvalue weighted by atomic mass is 9.89. The van der Waals surface area contributed by atoms with Gasteiger partial charge in [-0.05, 0) is 37.0 Å². The standard InChI is InChI=1S/C15H19N/c1-2-13-9-6-10-15(11-13)16-12-14-7-4-3-5-8-14/h1,6,9-11,14,16H,3-5,7-8,12H2. The monoisotopic (exact) mass is 213 g/mol. The summed E-state index contributed by atoms with van der Waals surface area (Å²) < 4.78 is 0. The van der Waals surface area contributed by atoms with Gasteiger partial charge in [-0.1, -0.05) is 31.2 Å². The molecule has 0 amide bonds. The van der Waals surface area contributed by atoms with Crippen LogP contribution in [0.2, 0.25) is 0 Å². The van der Waals surface area contributed by atoms with Crippen molar-refractivity contribution in [2.45, 2.75) is 32.1 Å². The first-order chi connectivity index (χ1) is 7.88. The highest BCUT2D eigenvalue weighted by Crippen LogP contribution is 2.24. The van der Waals surface area contributed by atoms with E-state index in [1.54, 1.807) is 0 Å². The smallest absolute Gasteiger partial charge is 0.0352 e. The number of terminal acetylenes is 1. The second kappa shape index (κ2) is 5.61. The molecular formula is C15H19N. The molecule has 0 unspecified atom stereocenters. The minimum atomic E-state index is 0.850. The lowest BCUT2D eigenvalue weighted by molar-refractivity contribution is 0.373. The maximum atomic E-state index is 5.38. The zero-order valence-corrected chi connectivity index (χ0v) is 9.71. The topological polar surface area (TPSA) is 12.0 Å². The zero-order valence-electron chi connectivity index (χ0n) is 9.71. The highest BCUT2D eigenvalue weighted by atomic mass is 14.9. The van der Waals surface area contributed by atoms with E-state index in [0.717, 1.165) is 23.7 Å². The molecule has 1 heteroatoms. The summed E-state index contributed by atoms with van der Waals surface area (Å²) in [5.41, 5.74) is 2.11. The molecule has 84 valence electrons. The van der Waals surface area contributed by atoms with Gasteiger partial charge in [-0.15, -0.1) is 6.42 Å². The number of anilines is 1. The fourth-order valence-electron chi connectivity index (χ4n) is 2.37. The Hall–Kier alpha value is -1.42. The van der Waals surface area contributed by atoms with Crippen molar-refractivity contribution in [1.82, 2.24) is 0 Å². The van der Waals surface area contributed by atoms with E-state index >= 15 is 0 Å². The third-order valence-electron chi connectivity index (χ3n) is 3.35. The Labute approximate surface area is 98.3 Å². The van der Waals surface area contributed by atoms with Crippen molar-refractivity contribution in [1.29, 1.82) is 0 Å². The van der Waals surface area contributed by atoms with Crippen molar-refractivity contribution in [3.8, 4) is 12.3 Å². The molecule has 1 fully saturated rings. The van der Waals surface area contributed by atoms with Gasteiger partial charge in [-0.25, -0.2) is 0 Å². The molecule has 0 atom stereocenters. The normalized spacial score (nSPS) is 16.7. The maximum Gasteiger partial charge on any atom is 0.0352 e. The van der Waals surface area contributed by atoms with Gasteiger partial charge < -0.3 is 5.32 Å². The number of rotatable bonds is 3. The van der Waals surface area contributed by atoms with Crippen molar-refractivity contribution < 1.29 is 0 Å². The van der Waals surface area contributed by atoms with E-state index in [-0.39, 0.29) is 0 Å². The van der Waals surface area contributed by atoms with Crippen LogP contribution in [0.4, 0.5) is 5.69 Å². The minimum absolute atomic E-state index is 0.850. The summed E-state index contributed by atoms with van der Waals surface area (Å²) in [6.45, 7) is 1.09. The molecule has 2 rings (SSSR count). The first-order valence-electron chi connectivity index (χ1n) is 6.19. The number of benzene rings is 1. The van der Waals surface area contributed by atoms with Crippen LogP contribution in [0.15, 0.2) is 24.3 Å². The molecule has 1 aliphatic carbocycles. The summed E-state index contributed by atoms with van der Waals surface area (Å²) in [5.74, 6) is 3.52. The maximum absolute atomic E-state index is 5.38. The predicted molar refractivity (Wildman–Crippen MR) is 69.4 cm³/mol. The van der Waals surface area contributed by atoms with E-state index in [4.69, 9.17) is 6.42 Å². The Bertz CT molecular complexity index is 369. The summed E-state index contributed by atoms with van der Waals surface area (Å²) >= 11 is 0. The van der Waals surface area contributed by atoms with Crippen LogP contribution in [0.3, 0.4) is 0 Å². The van der Waals surface area contributed by atoms with Gasteiger partial charge in [0.25, 0.3) is 0 Å². The summed E-state index contributed by atoms with van der Waals surface area (Å²) in [5, 5.41) is 3.49. The fraction of sp³-hybridized carbons (Fsp3) is 0.467. The van der Waals surface area contributed by atoms with Crippen LogP contribution in [-0.2, 0) is 0 Å². The summed E-state index contributed by atoms with van der Waals surface area (Å²) in [6.07, 6.45) is 12.4. The third-order valence-corrected chi connectivity index (χ3v) is 3.35. The summed E-state index contributed by atoms with van der Waals surface area (Å²) in [6, 6.07) is 8.11. The SMILES string of the molecule is C#Cc1cccc(NCC2CCCCC2)c1. The summed E-state index contributed by atoms with van der Waals surface area (Å²) in [4.78, 5) is 0. The predicted octanol–water partition coefficient (Wildman–Crippen LogP) is 3.66. The van der Waals surface area contributed by atoms with Gasteiger partial charge in [-0.3, -0.25) is 0 Å². The molecule has 0 saturated heterocycles. The molecule has 0 spiro atoms. The molecule has 16 heavy (non-hydrogen) atoms. The van der Waals surface area contributed by atoms with Gasteiger partial charge in [-0.2, -0.15) is 0 Å². The van der Waals surface area contributed by atoms with Crippen molar-refractivity contribution >= 4 is 5.69 Å². The van der Waals surface area contributed by atoms with E-state index in [9.17, 15) is 0 Å². The third kappa shape index (κ3) is 3.03. The van der Waals surface area contributed by atoms with Crippen LogP contribution in [0.25, 0.3) is 0 Å². The second-order valence-corrected chi connectivity index (χ2v) is 4.61. The Balaban J connectivity index is 1.86. The Morgan fingerprint density at radius 2 is 2.06 bits per heavy atom. The molecule has 0 bridgehead atoms. The average Bonchev–Trinajstić information content (AvgIpc) is 2.38. The van der Waals surface area contributed by atoms with Crippen molar-refractivity contribution in [2.24, 2.45) is 5.92 Å². The lowest BCUT2D eigenvalue weighted by Gasteiger charge is -2.22. The van der Waals surface area contributed by atoms with E-state index in [1.807, 2.05) is 18.2 Å². The molecule has 0 heterocycles. The highest BCUT2D eigenvalue weighted by molar-refractivity contribution is 5.49. The van der Waals surface area contributed by atoms with Crippen molar-refractivity contribution in [3.63, 3.8) is 0 Å². The van der Waals surface area contributed by atoms with E-state index in [0.29, 0.717) is 0 Å². The first kappa shape index (κ1) is 11.1. The van der Waals surface area contributed by atoms with Crippen LogP contribution in [0.5, 0.6) is 0 Å². The first-order valence-corrected chi connectivity index (χ1v) is 6.19. The molecule has 1 saturated carbocycles. The number of hydrogen-bond acceptors (Lipinski definition) is 1. The molecule has 1 aromatic carbocycles. The Kier molecular flexibility index (Phi) is 3.88. The highest BCUT2D eigenvalue weighted by Gasteiger charge is 2.12. The van der Waals surface area contributed by atoms with Gasteiger partial charge in [0.2, 0.25) is 0 Å². The fourth-order valence-corrected chi connectivity index (χ4v) is 2.37. The molecule has 1 nitrogen and oxygen atoms in total. The second-order valence-electron chi connectivity index (χ2n) is 4.61. The molecule has 1 aromatic rings. The molecule has 1 N–H and O–H groups in total. The van der Waals surface area contributed by atoms with Gasteiger partial charge in [0, 0.05) is 17.8 Å². The Morgan fingerprint density at radius 3 is 2.81 bits per heavy atom. The van der Waals surface area contributed by atoms with Crippen molar-refractivity contribution in [2.75, 3.05) is 11.9 Å². The van der Waals surface area contributed by atoms with E-state index in [1.165, 1.54) is 32.1 Å². The molecular weight excluding hydrogens is 194 g/mol. The van der Waals surface area contributed by atoms with Crippen LogP contribution < -0.4 is 5.32 Å². The van der Waals surface area contributed by atoms with Crippen molar-refractivity contribution in [3.05, 3.63) is 29.8 Å². The number of nitrogens with one attached hydrogen (secondary N) is 1. The van der Waals surface area contributed by atoms with Crippen LogP contribution in [0, 0.1) is 18.3 Å². The zero-order chi connectivity index (χ0) is 11.2. The molecule has 1 aliphatic rings. The molecule has 0 aromatic heterocycles. The van der Waals surface area contributed by atoms with E-state index in [2.05, 4.69) is 17.3 Å². The molecule has 0 aliphatic heterocycles. The van der Waals surface area contributed by atoms with Gasteiger partial charge in [0.15, 0.2) is 0 Å². The Morgan fingerprint density at radius 1 is 1.25 bits per heavy atom.